The van der Waals surface area contributed by atoms with Crippen molar-refractivity contribution in [3.8, 4) is 0 Å². The molecule has 0 saturated heterocycles. The molecule has 104 valence electrons. The molecule has 1 aromatic carbocycles. The van der Waals surface area contributed by atoms with Gasteiger partial charge in [-0.2, -0.15) is 0 Å². The molecule has 0 spiro atoms. The molecule has 0 aliphatic heterocycles. The number of pyridine rings is 1. The molecule has 1 heterocycles. The minimum atomic E-state index is -3.99. The van der Waals surface area contributed by atoms with E-state index in [1.165, 1.54) is 30.5 Å². The minimum Gasteiger partial charge on any atom is -0.478 e. The van der Waals surface area contributed by atoms with Crippen molar-refractivity contribution < 1.29 is 18.3 Å². The zero-order valence-corrected chi connectivity index (χ0v) is 11.5. The molecule has 2 N–H and O–H groups in total. The molecule has 2 rings (SSSR count). The highest BCUT2D eigenvalue weighted by Gasteiger charge is 2.20. The Bertz CT molecular complexity index is 762. The van der Waals surface area contributed by atoms with Crippen molar-refractivity contribution in [2.24, 2.45) is 0 Å². The molecule has 0 atom stereocenters. The minimum absolute atomic E-state index is 0.0424. The van der Waals surface area contributed by atoms with Gasteiger partial charge in [0.1, 0.15) is 4.90 Å². The Kier molecular flexibility index (Phi) is 3.91. The number of aromatic nitrogens is 1. The van der Waals surface area contributed by atoms with Crippen LogP contribution in [0.25, 0.3) is 0 Å². The highest BCUT2D eigenvalue weighted by molar-refractivity contribution is 7.92. The van der Waals surface area contributed by atoms with Crippen LogP contribution in [0.4, 0.5) is 5.69 Å². The van der Waals surface area contributed by atoms with Gasteiger partial charge in [0.05, 0.1) is 22.5 Å². The molecule has 1 aromatic heterocycles. The average Bonchev–Trinajstić information content (AvgIpc) is 2.39. The summed E-state index contributed by atoms with van der Waals surface area (Å²) in [6.45, 7) is 0. The van der Waals surface area contributed by atoms with Crippen LogP contribution in [-0.2, 0) is 10.0 Å². The molecular formula is C12H9ClN2O4S. The maximum Gasteiger partial charge on any atom is 0.337 e. The summed E-state index contributed by atoms with van der Waals surface area (Å²) in [5, 5.41) is 9.04. The van der Waals surface area contributed by atoms with Crippen molar-refractivity contribution in [1.82, 2.24) is 4.98 Å². The average molecular weight is 313 g/mol. The molecule has 2 aromatic rings. The third-order valence-electron chi connectivity index (χ3n) is 2.42. The highest BCUT2D eigenvalue weighted by Crippen LogP contribution is 2.24. The van der Waals surface area contributed by atoms with Gasteiger partial charge in [-0.05, 0) is 18.2 Å². The second-order valence-corrected chi connectivity index (χ2v) is 5.82. The predicted molar refractivity (Wildman–Crippen MR) is 73.5 cm³/mol. The van der Waals surface area contributed by atoms with Crippen LogP contribution in [0.15, 0.2) is 47.6 Å². The van der Waals surface area contributed by atoms with Gasteiger partial charge in [-0.25, -0.2) is 13.2 Å². The Morgan fingerprint density at radius 2 is 1.95 bits per heavy atom. The molecular weight excluding hydrogens is 304 g/mol. The maximum absolute atomic E-state index is 12.2. The molecule has 20 heavy (non-hydrogen) atoms. The van der Waals surface area contributed by atoms with Crippen LogP contribution in [0, 0.1) is 0 Å². The van der Waals surface area contributed by atoms with Gasteiger partial charge in [0.2, 0.25) is 0 Å². The third-order valence-corrected chi connectivity index (χ3v) is 4.29. The largest absolute Gasteiger partial charge is 0.478 e. The topological polar surface area (TPSA) is 96.4 Å². The zero-order chi connectivity index (χ0) is 14.8. The first-order valence-electron chi connectivity index (χ1n) is 5.36. The second kappa shape index (κ2) is 5.48. The van der Waals surface area contributed by atoms with Gasteiger partial charge in [-0.1, -0.05) is 23.7 Å². The number of nitrogens with zero attached hydrogens (tertiary/aromatic N) is 1. The Labute approximate surface area is 120 Å². The van der Waals surface area contributed by atoms with Gasteiger partial charge in [0.25, 0.3) is 10.0 Å². The van der Waals surface area contributed by atoms with Gasteiger partial charge in [0.15, 0.2) is 0 Å². The molecule has 0 fully saturated rings. The smallest absolute Gasteiger partial charge is 0.337 e. The van der Waals surface area contributed by atoms with Crippen molar-refractivity contribution in [3.05, 3.63) is 53.3 Å². The summed E-state index contributed by atoms with van der Waals surface area (Å²) in [5.74, 6) is -1.26. The van der Waals surface area contributed by atoms with Crippen LogP contribution in [0.1, 0.15) is 10.4 Å². The normalized spacial score (nSPS) is 11.1. The lowest BCUT2D eigenvalue weighted by Crippen LogP contribution is -2.16. The quantitative estimate of drug-likeness (QED) is 0.902. The molecule has 0 amide bonds. The van der Waals surface area contributed by atoms with Gasteiger partial charge >= 0.3 is 5.97 Å². The van der Waals surface area contributed by atoms with Crippen LogP contribution in [0.3, 0.4) is 0 Å². The van der Waals surface area contributed by atoms with Crippen LogP contribution in [0.5, 0.6) is 0 Å². The maximum atomic E-state index is 12.2. The van der Waals surface area contributed by atoms with Gasteiger partial charge < -0.3 is 5.11 Å². The van der Waals surface area contributed by atoms with Crippen molar-refractivity contribution in [2.75, 3.05) is 4.72 Å². The number of rotatable bonds is 4. The standard InChI is InChI=1S/C12H9ClN2O4S/c13-9-3-1-2-4-11(9)20(18,19)15-10-7-14-6-5-8(10)12(16)17/h1-7,15H,(H,16,17). The van der Waals surface area contributed by atoms with E-state index in [1.54, 1.807) is 6.07 Å². The summed E-state index contributed by atoms with van der Waals surface area (Å²) in [4.78, 5) is 14.6. The Morgan fingerprint density at radius 3 is 2.60 bits per heavy atom. The summed E-state index contributed by atoms with van der Waals surface area (Å²) in [7, 11) is -3.99. The Morgan fingerprint density at radius 1 is 1.25 bits per heavy atom. The van der Waals surface area contributed by atoms with Crippen molar-refractivity contribution >= 4 is 33.3 Å². The number of anilines is 1. The van der Waals surface area contributed by atoms with E-state index >= 15 is 0 Å². The summed E-state index contributed by atoms with van der Waals surface area (Å²) in [6.07, 6.45) is 2.38. The van der Waals surface area contributed by atoms with Gasteiger partial charge in [0, 0.05) is 6.20 Å². The number of hydrogen-bond acceptors (Lipinski definition) is 4. The summed E-state index contributed by atoms with van der Waals surface area (Å²) >= 11 is 5.83. The van der Waals surface area contributed by atoms with E-state index < -0.39 is 16.0 Å². The number of sulfonamides is 1. The fraction of sp³-hybridized carbons (Fsp3) is 0. The molecule has 6 nitrogen and oxygen atoms in total. The van der Waals surface area contributed by atoms with E-state index in [0.29, 0.717) is 0 Å². The fourth-order valence-electron chi connectivity index (χ4n) is 1.52. The predicted octanol–water partition coefficient (Wildman–Crippen LogP) is 2.23. The molecule has 8 heteroatoms. The number of carboxylic acid groups (broad SMARTS) is 1. The van der Waals surface area contributed by atoms with E-state index in [-0.39, 0.29) is 21.2 Å². The molecule has 0 aliphatic rings. The summed E-state index contributed by atoms with van der Waals surface area (Å²) in [6, 6.07) is 7.06. The van der Waals surface area contributed by atoms with Crippen LogP contribution in [0.2, 0.25) is 5.02 Å². The van der Waals surface area contributed by atoms with Gasteiger partial charge in [-0.15, -0.1) is 0 Å². The van der Waals surface area contributed by atoms with Crippen LogP contribution < -0.4 is 4.72 Å². The van der Waals surface area contributed by atoms with Crippen molar-refractivity contribution in [3.63, 3.8) is 0 Å². The first-order valence-corrected chi connectivity index (χ1v) is 7.22. The molecule has 0 saturated carbocycles. The van der Waals surface area contributed by atoms with Gasteiger partial charge in [-0.3, -0.25) is 9.71 Å². The van der Waals surface area contributed by atoms with E-state index in [1.807, 2.05) is 0 Å². The lowest BCUT2D eigenvalue weighted by Gasteiger charge is -2.10. The summed E-state index contributed by atoms with van der Waals surface area (Å²) in [5.41, 5.74) is -0.324. The second-order valence-electron chi connectivity index (χ2n) is 3.76. The van der Waals surface area contributed by atoms with E-state index in [2.05, 4.69) is 9.71 Å². The Hall–Kier alpha value is -2.12. The van der Waals surface area contributed by atoms with Crippen LogP contribution >= 0.6 is 11.6 Å². The third kappa shape index (κ3) is 2.89. The number of hydrogen-bond donors (Lipinski definition) is 2. The van der Waals surface area contributed by atoms with E-state index in [4.69, 9.17) is 16.7 Å². The number of benzene rings is 1. The van der Waals surface area contributed by atoms with Crippen LogP contribution in [-0.4, -0.2) is 24.5 Å². The highest BCUT2D eigenvalue weighted by atomic mass is 35.5. The number of carboxylic acids is 1. The van der Waals surface area contributed by atoms with E-state index in [9.17, 15) is 13.2 Å². The lowest BCUT2D eigenvalue weighted by molar-refractivity contribution is 0.0698. The number of halogens is 1. The molecule has 0 unspecified atom stereocenters. The Balaban J connectivity index is 2.45. The molecule has 0 bridgehead atoms. The first-order chi connectivity index (χ1) is 9.42. The lowest BCUT2D eigenvalue weighted by atomic mass is 10.2. The first kappa shape index (κ1) is 14.3. The van der Waals surface area contributed by atoms with Crippen molar-refractivity contribution in [2.45, 2.75) is 4.90 Å². The van der Waals surface area contributed by atoms with E-state index in [0.717, 1.165) is 6.20 Å². The zero-order valence-electron chi connectivity index (χ0n) is 9.95. The van der Waals surface area contributed by atoms with Crippen molar-refractivity contribution in [1.29, 1.82) is 0 Å². The monoisotopic (exact) mass is 312 g/mol. The molecule has 0 radical (unpaired) electrons. The number of carbonyl (C=O) groups is 1. The summed E-state index contributed by atoms with van der Waals surface area (Å²) < 4.78 is 26.5. The fourth-order valence-corrected chi connectivity index (χ4v) is 3.11. The number of nitrogens with one attached hydrogen (secondary N) is 1. The molecule has 0 aliphatic carbocycles. The SMILES string of the molecule is O=C(O)c1ccncc1NS(=O)(=O)c1ccccc1Cl. The number of aromatic carboxylic acids is 1.